The normalized spacial score (nSPS) is 29.1. The second kappa shape index (κ2) is 4.35. The summed E-state index contributed by atoms with van der Waals surface area (Å²) in [4.78, 5) is 12.3. The number of ether oxygens (including phenoxy) is 1. The zero-order valence-corrected chi connectivity index (χ0v) is 12.7. The molecule has 0 spiro atoms. The molecule has 0 aromatic carbocycles. The van der Waals surface area contributed by atoms with Crippen LogP contribution in [0.15, 0.2) is 24.3 Å². The molecule has 0 bridgehead atoms. The maximum Gasteiger partial charge on any atom is 0.318 e. The molecule has 18 heavy (non-hydrogen) atoms. The Hall–Kier alpha value is -0.873. The van der Waals surface area contributed by atoms with Crippen molar-refractivity contribution in [2.24, 2.45) is 5.41 Å². The highest BCUT2D eigenvalue weighted by atomic mass is 28.4. The zero-order chi connectivity index (χ0) is 13.4. The Morgan fingerprint density at radius 2 is 1.89 bits per heavy atom. The minimum Gasteiger partial charge on any atom is -0.468 e. The summed E-state index contributed by atoms with van der Waals surface area (Å²) >= 11 is 0. The summed E-state index contributed by atoms with van der Waals surface area (Å²) in [5.41, 5.74) is -0.942. The highest BCUT2D eigenvalue weighted by Crippen LogP contribution is 2.58. The van der Waals surface area contributed by atoms with Gasteiger partial charge in [0.2, 0.25) is 0 Å². The minimum atomic E-state index is -1.69. The lowest BCUT2D eigenvalue weighted by atomic mass is 9.74. The first-order chi connectivity index (χ1) is 8.35. The van der Waals surface area contributed by atoms with Crippen LogP contribution < -0.4 is 0 Å². The van der Waals surface area contributed by atoms with Crippen LogP contribution in [0.25, 0.3) is 0 Å². The van der Waals surface area contributed by atoms with E-state index in [1.54, 1.807) is 0 Å². The smallest absolute Gasteiger partial charge is 0.318 e. The van der Waals surface area contributed by atoms with Crippen molar-refractivity contribution in [2.45, 2.75) is 44.5 Å². The van der Waals surface area contributed by atoms with Crippen molar-refractivity contribution in [3.8, 4) is 0 Å². The summed E-state index contributed by atoms with van der Waals surface area (Å²) in [6.45, 7) is 6.50. The summed E-state index contributed by atoms with van der Waals surface area (Å²) < 4.78 is 11.4. The zero-order valence-electron chi connectivity index (χ0n) is 11.7. The molecule has 0 aliphatic heterocycles. The van der Waals surface area contributed by atoms with Crippen LogP contribution in [0.2, 0.25) is 19.6 Å². The molecule has 0 amide bonds. The predicted octanol–water partition coefficient (Wildman–Crippen LogP) is 3.05. The van der Waals surface area contributed by atoms with Gasteiger partial charge in [0, 0.05) is 0 Å². The molecule has 1 unspecified atom stereocenters. The van der Waals surface area contributed by atoms with E-state index in [-0.39, 0.29) is 11.6 Å². The average molecular weight is 266 g/mol. The fourth-order valence-corrected chi connectivity index (χ4v) is 4.38. The topological polar surface area (TPSA) is 35.5 Å². The first-order valence-corrected chi connectivity index (χ1v) is 9.89. The van der Waals surface area contributed by atoms with Gasteiger partial charge in [0.15, 0.2) is 8.32 Å². The monoisotopic (exact) mass is 266 g/mol. The van der Waals surface area contributed by atoms with Gasteiger partial charge in [-0.25, -0.2) is 0 Å². The Morgan fingerprint density at radius 1 is 1.22 bits per heavy atom. The van der Waals surface area contributed by atoms with Crippen molar-refractivity contribution in [1.82, 2.24) is 0 Å². The first-order valence-electron chi connectivity index (χ1n) is 6.48. The Labute approximate surface area is 110 Å². The van der Waals surface area contributed by atoms with Crippen LogP contribution in [0.4, 0.5) is 0 Å². The fourth-order valence-electron chi connectivity index (χ4n) is 2.82. The molecule has 1 atom stereocenters. The molecule has 2 aliphatic rings. The van der Waals surface area contributed by atoms with Crippen molar-refractivity contribution < 1.29 is 14.0 Å². The Bertz CT molecular complexity index is 402. The summed E-state index contributed by atoms with van der Waals surface area (Å²) in [5, 5.41) is 0. The van der Waals surface area contributed by atoms with E-state index in [9.17, 15) is 4.79 Å². The van der Waals surface area contributed by atoms with E-state index < -0.39 is 13.7 Å². The summed E-state index contributed by atoms with van der Waals surface area (Å²) in [6, 6.07) is 0. The number of hydrogen-bond acceptors (Lipinski definition) is 3. The molecular formula is C14H22O3Si. The molecule has 0 saturated heterocycles. The maximum absolute atomic E-state index is 12.3. The summed E-state index contributed by atoms with van der Waals surface area (Å²) in [7, 11) is -0.226. The molecule has 1 saturated carbocycles. The van der Waals surface area contributed by atoms with Gasteiger partial charge in [-0.3, -0.25) is 4.79 Å². The first kappa shape index (κ1) is 13.6. The van der Waals surface area contributed by atoms with Gasteiger partial charge < -0.3 is 9.16 Å². The largest absolute Gasteiger partial charge is 0.468 e. The highest BCUT2D eigenvalue weighted by Gasteiger charge is 2.64. The van der Waals surface area contributed by atoms with E-state index in [0.717, 1.165) is 12.8 Å². The lowest BCUT2D eigenvalue weighted by molar-refractivity contribution is -0.156. The Kier molecular flexibility index (Phi) is 3.28. The molecule has 4 heteroatoms. The molecule has 2 aliphatic carbocycles. The molecule has 0 heterocycles. The molecular weight excluding hydrogens is 244 g/mol. The Balaban J connectivity index is 2.34. The predicted molar refractivity (Wildman–Crippen MR) is 73.7 cm³/mol. The second-order valence-electron chi connectivity index (χ2n) is 6.16. The number of hydrogen-bond donors (Lipinski definition) is 0. The van der Waals surface area contributed by atoms with Crippen LogP contribution in [0.1, 0.15) is 19.3 Å². The van der Waals surface area contributed by atoms with Crippen molar-refractivity contribution >= 4 is 14.3 Å². The van der Waals surface area contributed by atoms with Gasteiger partial charge in [0.05, 0.1) is 12.7 Å². The summed E-state index contributed by atoms with van der Waals surface area (Å²) in [6.07, 6.45) is 10.5. The number of carbonyl (C=O) groups excluding carboxylic acids is 1. The van der Waals surface area contributed by atoms with Gasteiger partial charge in [0.25, 0.3) is 0 Å². The van der Waals surface area contributed by atoms with Gasteiger partial charge in [-0.05, 0) is 38.9 Å². The lowest BCUT2D eigenvalue weighted by Crippen LogP contribution is -2.49. The van der Waals surface area contributed by atoms with Gasteiger partial charge in [-0.2, -0.15) is 0 Å². The van der Waals surface area contributed by atoms with Crippen molar-refractivity contribution in [3.63, 3.8) is 0 Å². The third-order valence-electron chi connectivity index (χ3n) is 3.64. The molecule has 1 fully saturated rings. The van der Waals surface area contributed by atoms with Crippen molar-refractivity contribution in [2.75, 3.05) is 7.11 Å². The minimum absolute atomic E-state index is 0.168. The van der Waals surface area contributed by atoms with E-state index in [2.05, 4.69) is 19.6 Å². The van der Waals surface area contributed by atoms with Gasteiger partial charge >= 0.3 is 5.97 Å². The molecule has 0 aromatic heterocycles. The number of esters is 1. The van der Waals surface area contributed by atoms with Gasteiger partial charge in [0.1, 0.15) is 5.41 Å². The molecule has 0 N–H and O–H groups in total. The molecule has 0 radical (unpaired) electrons. The number of carbonyl (C=O) groups is 1. The number of methoxy groups -OCH3 is 1. The van der Waals surface area contributed by atoms with Crippen molar-refractivity contribution in [3.05, 3.63) is 24.3 Å². The van der Waals surface area contributed by atoms with Crippen LogP contribution in [-0.4, -0.2) is 27.0 Å². The standard InChI is InChI=1S/C14H22O3Si/c1-16-12(15)13(8-6-5-7-9-13)14(10-11-14)17-18(2,3)4/h5-8H,9-11H2,1-4H3. The number of rotatable bonds is 4. The van der Waals surface area contributed by atoms with E-state index in [1.165, 1.54) is 7.11 Å². The van der Waals surface area contributed by atoms with Crippen molar-refractivity contribution in [1.29, 1.82) is 0 Å². The third kappa shape index (κ3) is 2.19. The van der Waals surface area contributed by atoms with E-state index in [0.29, 0.717) is 6.42 Å². The molecule has 2 rings (SSSR count). The van der Waals surface area contributed by atoms with Crippen LogP contribution in [0, 0.1) is 5.41 Å². The van der Waals surface area contributed by atoms with E-state index in [4.69, 9.17) is 9.16 Å². The third-order valence-corrected chi connectivity index (χ3v) is 4.64. The molecule has 3 nitrogen and oxygen atoms in total. The second-order valence-corrected chi connectivity index (χ2v) is 10.6. The molecule has 100 valence electrons. The molecule has 0 aromatic rings. The lowest BCUT2D eigenvalue weighted by Gasteiger charge is -2.40. The van der Waals surface area contributed by atoms with Crippen LogP contribution in [0.3, 0.4) is 0 Å². The fraction of sp³-hybridized carbons (Fsp3) is 0.643. The van der Waals surface area contributed by atoms with Gasteiger partial charge in [-0.1, -0.05) is 24.3 Å². The average Bonchev–Trinajstić information content (AvgIpc) is 3.07. The quantitative estimate of drug-likeness (QED) is 0.579. The highest BCUT2D eigenvalue weighted by molar-refractivity contribution is 6.69. The maximum atomic E-state index is 12.3. The van der Waals surface area contributed by atoms with E-state index >= 15 is 0 Å². The number of allylic oxidation sites excluding steroid dienone is 3. The SMILES string of the molecule is COC(=O)C1(C2(O[Si](C)(C)C)CC2)C=CC=CC1. The van der Waals surface area contributed by atoms with Crippen LogP contribution >= 0.6 is 0 Å². The van der Waals surface area contributed by atoms with Crippen LogP contribution in [0.5, 0.6) is 0 Å². The van der Waals surface area contributed by atoms with E-state index in [1.807, 2.05) is 24.3 Å². The van der Waals surface area contributed by atoms with Gasteiger partial charge in [-0.15, -0.1) is 0 Å². The van der Waals surface area contributed by atoms with Crippen LogP contribution in [-0.2, 0) is 14.0 Å². The Morgan fingerprint density at radius 3 is 2.28 bits per heavy atom. The summed E-state index contributed by atoms with van der Waals surface area (Å²) in [5.74, 6) is -0.168.